The van der Waals surface area contributed by atoms with E-state index in [1.54, 1.807) is 0 Å². The Hall–Kier alpha value is -0.610. The lowest BCUT2D eigenvalue weighted by Crippen LogP contribution is -2.47. The van der Waals surface area contributed by atoms with Gasteiger partial charge in [-0.05, 0) is 30.7 Å². The first kappa shape index (κ1) is 14.8. The molecule has 1 atom stereocenters. The molecule has 0 radical (unpaired) electrons. The molecule has 4 heteroatoms. The zero-order valence-electron chi connectivity index (χ0n) is 11.6. The summed E-state index contributed by atoms with van der Waals surface area (Å²) in [5, 5.41) is 10.9. The first-order chi connectivity index (χ1) is 9.19. The summed E-state index contributed by atoms with van der Waals surface area (Å²) < 4.78 is 0. The van der Waals surface area contributed by atoms with Gasteiger partial charge >= 0.3 is 0 Å². The minimum atomic E-state index is -0.421. The molecular weight excluding hydrogens is 260 g/mol. The molecule has 1 aromatic rings. The molecule has 0 unspecified atom stereocenters. The smallest absolute Gasteiger partial charge is 0.0916 e. The van der Waals surface area contributed by atoms with E-state index in [4.69, 9.17) is 11.6 Å². The van der Waals surface area contributed by atoms with E-state index >= 15 is 0 Å². The maximum atomic E-state index is 10.2. The lowest BCUT2D eigenvalue weighted by atomic mass is 10.1. The molecule has 0 amide bonds. The van der Waals surface area contributed by atoms with Gasteiger partial charge in [-0.25, -0.2) is 0 Å². The molecule has 0 saturated carbocycles. The van der Waals surface area contributed by atoms with Gasteiger partial charge in [0, 0.05) is 37.7 Å². The topological polar surface area (TPSA) is 26.7 Å². The number of β-amino-alcohol motifs (C(OH)–C–C–N with tert-alkyl or cyclic N) is 1. The predicted molar refractivity (Wildman–Crippen MR) is 79.6 cm³/mol. The Morgan fingerprint density at radius 2 is 1.68 bits per heavy atom. The van der Waals surface area contributed by atoms with Crippen molar-refractivity contribution in [3.63, 3.8) is 0 Å². The van der Waals surface area contributed by atoms with Gasteiger partial charge in [-0.1, -0.05) is 30.7 Å². The van der Waals surface area contributed by atoms with E-state index in [1.165, 1.54) is 13.0 Å². The third-order valence-electron chi connectivity index (χ3n) is 3.69. The summed E-state index contributed by atoms with van der Waals surface area (Å²) in [6.07, 6.45) is 0.794. The van der Waals surface area contributed by atoms with Gasteiger partial charge in [0.25, 0.3) is 0 Å². The zero-order chi connectivity index (χ0) is 13.7. The summed E-state index contributed by atoms with van der Waals surface area (Å²) in [7, 11) is 0. The average molecular weight is 283 g/mol. The standard InChI is InChI=1S/C15H23ClN2O/c1-2-7-17-8-10-18(11-9-17)12-15(19)13-3-5-14(16)6-4-13/h3-6,15,19H,2,7-12H2,1H3/t15-/m1/s1. The van der Waals surface area contributed by atoms with Gasteiger partial charge < -0.3 is 10.0 Å². The van der Waals surface area contributed by atoms with Crippen LogP contribution in [0, 0.1) is 0 Å². The Labute approximate surface area is 120 Å². The number of hydrogen-bond acceptors (Lipinski definition) is 3. The Bertz CT molecular complexity index is 374. The molecule has 1 fully saturated rings. The molecule has 1 aliphatic rings. The summed E-state index contributed by atoms with van der Waals surface area (Å²) in [6, 6.07) is 7.47. The molecule has 0 bridgehead atoms. The molecule has 1 aromatic carbocycles. The van der Waals surface area contributed by atoms with Crippen LogP contribution in [0.4, 0.5) is 0 Å². The highest BCUT2D eigenvalue weighted by molar-refractivity contribution is 6.30. The van der Waals surface area contributed by atoms with Crippen molar-refractivity contribution in [1.29, 1.82) is 0 Å². The first-order valence-corrected chi connectivity index (χ1v) is 7.45. The molecule has 1 aliphatic heterocycles. The first-order valence-electron chi connectivity index (χ1n) is 7.07. The summed E-state index contributed by atoms with van der Waals surface area (Å²) in [5.74, 6) is 0. The van der Waals surface area contributed by atoms with Crippen LogP contribution in [0.25, 0.3) is 0 Å². The predicted octanol–water partition coefficient (Wildman–Crippen LogP) is 2.40. The second-order valence-corrected chi connectivity index (χ2v) is 5.65. The molecule has 0 spiro atoms. The minimum absolute atomic E-state index is 0.421. The number of benzene rings is 1. The molecule has 0 aliphatic carbocycles. The van der Waals surface area contributed by atoms with Crippen LogP contribution < -0.4 is 0 Å². The molecule has 1 heterocycles. The van der Waals surface area contributed by atoms with E-state index in [9.17, 15) is 5.11 Å². The van der Waals surface area contributed by atoms with Crippen molar-refractivity contribution in [3.05, 3.63) is 34.9 Å². The SMILES string of the molecule is CCCN1CCN(C[C@@H](O)c2ccc(Cl)cc2)CC1. The normalized spacial score (nSPS) is 19.5. The van der Waals surface area contributed by atoms with Crippen molar-refractivity contribution in [2.24, 2.45) is 0 Å². The summed E-state index contributed by atoms with van der Waals surface area (Å²) in [5.41, 5.74) is 0.945. The highest BCUT2D eigenvalue weighted by atomic mass is 35.5. The quantitative estimate of drug-likeness (QED) is 0.898. The molecule has 1 saturated heterocycles. The number of rotatable bonds is 5. The maximum Gasteiger partial charge on any atom is 0.0916 e. The van der Waals surface area contributed by atoms with Crippen LogP contribution in [0.5, 0.6) is 0 Å². The summed E-state index contributed by atoms with van der Waals surface area (Å²) in [6.45, 7) is 8.43. The van der Waals surface area contributed by atoms with Crippen molar-refractivity contribution < 1.29 is 5.11 Å². The van der Waals surface area contributed by atoms with Gasteiger partial charge in [-0.3, -0.25) is 4.90 Å². The third-order valence-corrected chi connectivity index (χ3v) is 3.94. The highest BCUT2D eigenvalue weighted by Crippen LogP contribution is 2.18. The monoisotopic (exact) mass is 282 g/mol. The fourth-order valence-electron chi connectivity index (χ4n) is 2.55. The molecule has 0 aromatic heterocycles. The molecule has 3 nitrogen and oxygen atoms in total. The van der Waals surface area contributed by atoms with E-state index in [2.05, 4.69) is 16.7 Å². The minimum Gasteiger partial charge on any atom is -0.387 e. The van der Waals surface area contributed by atoms with Crippen molar-refractivity contribution >= 4 is 11.6 Å². The van der Waals surface area contributed by atoms with Gasteiger partial charge in [0.1, 0.15) is 0 Å². The van der Waals surface area contributed by atoms with Gasteiger partial charge in [0.15, 0.2) is 0 Å². The van der Waals surface area contributed by atoms with Gasteiger partial charge in [0.2, 0.25) is 0 Å². The van der Waals surface area contributed by atoms with Crippen molar-refractivity contribution in [2.45, 2.75) is 19.4 Å². The van der Waals surface area contributed by atoms with E-state index < -0.39 is 6.10 Å². The maximum absolute atomic E-state index is 10.2. The second kappa shape index (κ2) is 7.25. The summed E-state index contributed by atoms with van der Waals surface area (Å²) >= 11 is 5.86. The Kier molecular flexibility index (Phi) is 5.64. The Morgan fingerprint density at radius 3 is 2.26 bits per heavy atom. The average Bonchev–Trinajstić information content (AvgIpc) is 2.42. The van der Waals surface area contributed by atoms with Crippen LogP contribution in [0.3, 0.4) is 0 Å². The number of hydrogen-bond donors (Lipinski definition) is 1. The number of piperazine rings is 1. The Balaban J connectivity index is 1.80. The third kappa shape index (κ3) is 4.46. The van der Waals surface area contributed by atoms with E-state index in [0.29, 0.717) is 11.6 Å². The van der Waals surface area contributed by atoms with Crippen LogP contribution in [0.1, 0.15) is 25.0 Å². The lowest BCUT2D eigenvalue weighted by molar-refractivity contribution is 0.0726. The Morgan fingerprint density at radius 1 is 1.11 bits per heavy atom. The van der Waals surface area contributed by atoms with Crippen molar-refractivity contribution in [1.82, 2.24) is 9.80 Å². The zero-order valence-corrected chi connectivity index (χ0v) is 12.3. The van der Waals surface area contributed by atoms with Crippen LogP contribution in [-0.4, -0.2) is 54.2 Å². The van der Waals surface area contributed by atoms with Gasteiger partial charge in [0.05, 0.1) is 6.10 Å². The van der Waals surface area contributed by atoms with Gasteiger partial charge in [-0.15, -0.1) is 0 Å². The molecular formula is C15H23ClN2O. The number of halogens is 1. The highest BCUT2D eigenvalue weighted by Gasteiger charge is 2.19. The van der Waals surface area contributed by atoms with Crippen molar-refractivity contribution in [3.8, 4) is 0 Å². The fourth-order valence-corrected chi connectivity index (χ4v) is 2.67. The number of aliphatic hydroxyl groups excluding tert-OH is 1. The largest absolute Gasteiger partial charge is 0.387 e. The van der Waals surface area contributed by atoms with Gasteiger partial charge in [-0.2, -0.15) is 0 Å². The number of nitrogens with zero attached hydrogens (tertiary/aromatic N) is 2. The number of aliphatic hydroxyl groups is 1. The van der Waals surface area contributed by atoms with Crippen LogP contribution in [0.2, 0.25) is 5.02 Å². The van der Waals surface area contributed by atoms with Crippen LogP contribution in [0.15, 0.2) is 24.3 Å². The molecule has 106 valence electrons. The van der Waals surface area contributed by atoms with E-state index in [0.717, 1.165) is 31.7 Å². The van der Waals surface area contributed by atoms with E-state index in [1.807, 2.05) is 24.3 Å². The lowest BCUT2D eigenvalue weighted by Gasteiger charge is -2.35. The van der Waals surface area contributed by atoms with Crippen LogP contribution >= 0.6 is 11.6 Å². The summed E-state index contributed by atoms with van der Waals surface area (Å²) in [4.78, 5) is 4.83. The molecule has 1 N–H and O–H groups in total. The fraction of sp³-hybridized carbons (Fsp3) is 0.600. The second-order valence-electron chi connectivity index (χ2n) is 5.21. The molecule has 2 rings (SSSR count). The van der Waals surface area contributed by atoms with Crippen LogP contribution in [-0.2, 0) is 0 Å². The van der Waals surface area contributed by atoms with E-state index in [-0.39, 0.29) is 0 Å². The van der Waals surface area contributed by atoms with Crippen molar-refractivity contribution in [2.75, 3.05) is 39.3 Å². The molecule has 19 heavy (non-hydrogen) atoms.